The van der Waals surface area contributed by atoms with Crippen LogP contribution in [0, 0.1) is 0 Å². The van der Waals surface area contributed by atoms with Crippen molar-refractivity contribution in [2.45, 2.75) is 20.8 Å². The molecule has 1 aliphatic rings. The van der Waals surface area contributed by atoms with Crippen LogP contribution in [0.1, 0.15) is 22.2 Å². The molecule has 0 atom stereocenters. The van der Waals surface area contributed by atoms with Crippen LogP contribution in [0.2, 0.25) is 0 Å². The average molecular weight is 281 g/mol. The van der Waals surface area contributed by atoms with E-state index in [9.17, 15) is 9.59 Å². The Kier molecular flexibility index (Phi) is 6.95. The van der Waals surface area contributed by atoms with Gasteiger partial charge in [-0.25, -0.2) is 19.8 Å². The summed E-state index contributed by atoms with van der Waals surface area (Å²) in [5.41, 5.74) is 9.17. The van der Waals surface area contributed by atoms with E-state index < -0.39 is 6.03 Å². The Hall–Kier alpha value is -2.41. The summed E-state index contributed by atoms with van der Waals surface area (Å²) in [5.74, 6) is 0.255. The molecule has 1 heterocycles. The minimum atomic E-state index is -0.706. The van der Waals surface area contributed by atoms with E-state index in [4.69, 9.17) is 5.73 Å². The fourth-order valence-electron chi connectivity index (χ4n) is 1.20. The molecule has 1 rings (SSSR count). The van der Waals surface area contributed by atoms with Crippen LogP contribution in [0.4, 0.5) is 4.79 Å². The molecule has 0 radical (unpaired) electrons. The van der Waals surface area contributed by atoms with Gasteiger partial charge in [-0.2, -0.15) is 0 Å². The summed E-state index contributed by atoms with van der Waals surface area (Å²) in [4.78, 5) is 26.1. The lowest BCUT2D eigenvalue weighted by Gasteiger charge is -2.31. The average Bonchev–Trinajstić information content (AvgIpc) is 2.42. The Morgan fingerprint density at radius 1 is 1.60 bits per heavy atom. The van der Waals surface area contributed by atoms with Gasteiger partial charge in [0, 0.05) is 8.47 Å². The Morgan fingerprint density at radius 2 is 2.15 bits per heavy atom. The van der Waals surface area contributed by atoms with Crippen LogP contribution in [-0.4, -0.2) is 35.1 Å². The first kappa shape index (κ1) is 17.6. The summed E-state index contributed by atoms with van der Waals surface area (Å²) in [7, 11) is 1.41. The molecule has 0 saturated heterocycles. The summed E-state index contributed by atoms with van der Waals surface area (Å²) < 4.78 is 0. The molecular weight excluding hydrogens is 258 g/mol. The number of amides is 2. The van der Waals surface area contributed by atoms with Gasteiger partial charge in [-0.15, -0.1) is 5.53 Å². The predicted molar refractivity (Wildman–Crippen MR) is 81.3 cm³/mol. The number of rotatable bonds is 4. The SMILES string of the molecule is C=C(C)C1=NC(=C)N(NN(C)C(N)=O)C(C=O)=C1.CC.[HH]. The van der Waals surface area contributed by atoms with Crippen molar-refractivity contribution in [3.05, 3.63) is 36.3 Å². The number of aliphatic imine (C=N–C) groups is 1. The number of nitrogens with one attached hydrogen (secondary N) is 1. The maximum absolute atomic E-state index is 11.0. The molecule has 20 heavy (non-hydrogen) atoms. The van der Waals surface area contributed by atoms with Crippen molar-refractivity contribution in [3.63, 3.8) is 0 Å². The Bertz CT molecular complexity index is 485. The van der Waals surface area contributed by atoms with Crippen LogP contribution in [0.3, 0.4) is 0 Å². The quantitative estimate of drug-likeness (QED) is 0.604. The zero-order valence-corrected chi connectivity index (χ0v) is 12.3. The molecule has 0 fully saturated rings. The van der Waals surface area contributed by atoms with Gasteiger partial charge in [0.1, 0.15) is 11.5 Å². The lowest BCUT2D eigenvalue weighted by Crippen LogP contribution is -2.52. The normalized spacial score (nSPS) is 13.6. The largest absolute Gasteiger partial charge is 0.350 e. The maximum Gasteiger partial charge on any atom is 0.330 e. The fraction of sp³-hybridized carbons (Fsp3) is 0.308. The number of hydrazine groups is 2. The monoisotopic (exact) mass is 281 g/mol. The van der Waals surface area contributed by atoms with Crippen molar-refractivity contribution in [3.8, 4) is 0 Å². The number of nitrogens with zero attached hydrogens (tertiary/aromatic N) is 3. The molecule has 0 bridgehead atoms. The number of urea groups is 1. The highest BCUT2D eigenvalue weighted by molar-refractivity contribution is 6.11. The number of aldehydes is 1. The van der Waals surface area contributed by atoms with Crippen LogP contribution in [0.15, 0.2) is 41.3 Å². The third-order valence-electron chi connectivity index (χ3n) is 2.19. The molecule has 0 aliphatic carbocycles. The Balaban J connectivity index is 0. The topological polar surface area (TPSA) is 91.0 Å². The third kappa shape index (κ3) is 4.36. The number of carbonyl (C=O) groups excluding carboxylic acids is 2. The molecular formula is C13H23N5O2. The molecule has 2 amide bonds. The van der Waals surface area contributed by atoms with Crippen LogP contribution in [0.25, 0.3) is 0 Å². The second-order valence-corrected chi connectivity index (χ2v) is 3.71. The number of carbonyl (C=O) groups is 2. The van der Waals surface area contributed by atoms with E-state index in [1.807, 2.05) is 13.8 Å². The number of nitrogens with two attached hydrogens (primary N) is 1. The standard InChI is InChI=1S/C11H15N5O2.C2H6.H2/c1-7(2)10-5-9(6-17)16(8(3)13-10)14-15(4)11(12)18;1-2;/h5-6,14H,1,3H2,2,4H3,(H2,12,18);1-2H3;1H. The van der Waals surface area contributed by atoms with E-state index in [1.165, 1.54) is 18.1 Å². The van der Waals surface area contributed by atoms with Crippen molar-refractivity contribution in [1.29, 1.82) is 0 Å². The molecule has 1 aliphatic heterocycles. The molecule has 0 aromatic heterocycles. The molecule has 7 nitrogen and oxygen atoms in total. The molecule has 0 aromatic carbocycles. The molecule has 112 valence electrons. The number of allylic oxidation sites excluding steroid dienone is 3. The van der Waals surface area contributed by atoms with Crippen LogP contribution in [-0.2, 0) is 4.79 Å². The third-order valence-corrected chi connectivity index (χ3v) is 2.19. The van der Waals surface area contributed by atoms with Crippen molar-refractivity contribution in [1.82, 2.24) is 15.6 Å². The van der Waals surface area contributed by atoms with Gasteiger partial charge in [0.05, 0.1) is 5.71 Å². The zero-order valence-electron chi connectivity index (χ0n) is 12.3. The molecule has 0 spiro atoms. The van der Waals surface area contributed by atoms with Gasteiger partial charge in [-0.3, -0.25) is 4.79 Å². The van der Waals surface area contributed by atoms with Gasteiger partial charge in [0.25, 0.3) is 0 Å². The van der Waals surface area contributed by atoms with E-state index in [0.717, 1.165) is 5.01 Å². The molecule has 7 heteroatoms. The number of hydrogen-bond acceptors (Lipinski definition) is 5. The molecule has 0 aromatic rings. The lowest BCUT2D eigenvalue weighted by molar-refractivity contribution is -0.106. The van der Waals surface area contributed by atoms with Crippen LogP contribution in [0.5, 0.6) is 0 Å². The van der Waals surface area contributed by atoms with Crippen LogP contribution < -0.4 is 11.3 Å². The van der Waals surface area contributed by atoms with Crippen molar-refractivity contribution in [2.24, 2.45) is 10.7 Å². The first-order valence-corrected chi connectivity index (χ1v) is 6.06. The van der Waals surface area contributed by atoms with Crippen molar-refractivity contribution in [2.75, 3.05) is 7.05 Å². The van der Waals surface area contributed by atoms with Gasteiger partial charge in [-0.1, -0.05) is 27.0 Å². The van der Waals surface area contributed by atoms with Crippen LogP contribution >= 0.6 is 0 Å². The van der Waals surface area contributed by atoms with Gasteiger partial charge in [0.15, 0.2) is 6.29 Å². The summed E-state index contributed by atoms with van der Waals surface area (Å²) in [6.45, 7) is 13.2. The van der Waals surface area contributed by atoms with E-state index in [1.54, 1.807) is 6.92 Å². The Labute approximate surface area is 120 Å². The van der Waals surface area contributed by atoms with E-state index in [0.29, 0.717) is 17.6 Å². The second kappa shape index (κ2) is 7.90. The van der Waals surface area contributed by atoms with E-state index in [2.05, 4.69) is 23.7 Å². The number of primary amides is 1. The van der Waals surface area contributed by atoms with Gasteiger partial charge < -0.3 is 5.73 Å². The Morgan fingerprint density at radius 3 is 2.55 bits per heavy atom. The van der Waals surface area contributed by atoms with Gasteiger partial charge in [-0.05, 0) is 18.6 Å². The number of hydrogen-bond donors (Lipinski definition) is 2. The van der Waals surface area contributed by atoms with Gasteiger partial charge >= 0.3 is 6.03 Å². The lowest BCUT2D eigenvalue weighted by atomic mass is 10.1. The summed E-state index contributed by atoms with van der Waals surface area (Å²) in [6, 6.07) is -0.706. The first-order chi connectivity index (χ1) is 9.36. The van der Waals surface area contributed by atoms with E-state index >= 15 is 0 Å². The highest BCUT2D eigenvalue weighted by Gasteiger charge is 2.20. The fourth-order valence-corrected chi connectivity index (χ4v) is 1.20. The molecule has 0 saturated carbocycles. The summed E-state index contributed by atoms with van der Waals surface area (Å²) >= 11 is 0. The smallest absolute Gasteiger partial charge is 0.330 e. The molecule has 0 unspecified atom stereocenters. The minimum absolute atomic E-state index is 0. The summed E-state index contributed by atoms with van der Waals surface area (Å²) in [6.07, 6.45) is 2.15. The maximum atomic E-state index is 11.0. The zero-order chi connectivity index (χ0) is 15.9. The highest BCUT2D eigenvalue weighted by atomic mass is 16.2. The predicted octanol–water partition coefficient (Wildman–Crippen LogP) is 1.58. The first-order valence-electron chi connectivity index (χ1n) is 6.06. The highest BCUT2D eigenvalue weighted by Crippen LogP contribution is 2.17. The summed E-state index contributed by atoms with van der Waals surface area (Å²) in [5, 5.41) is 2.26. The minimum Gasteiger partial charge on any atom is -0.350 e. The van der Waals surface area contributed by atoms with Crippen molar-refractivity contribution >= 4 is 18.0 Å². The second-order valence-electron chi connectivity index (χ2n) is 3.71. The van der Waals surface area contributed by atoms with Crippen molar-refractivity contribution < 1.29 is 11.0 Å². The van der Waals surface area contributed by atoms with E-state index in [-0.39, 0.29) is 12.9 Å². The molecule has 3 N–H and O–H groups in total. The van der Waals surface area contributed by atoms with Gasteiger partial charge in [0.2, 0.25) is 0 Å².